The molecule has 0 aliphatic heterocycles. The quantitative estimate of drug-likeness (QED) is 0.314. The molecule has 0 aromatic heterocycles. The van der Waals surface area contributed by atoms with Gasteiger partial charge in [-0.1, -0.05) is 48.6 Å². The molecule has 0 amide bonds. The van der Waals surface area contributed by atoms with E-state index in [1.54, 1.807) is 37.3 Å². The number of hydrogen-bond donors (Lipinski definition) is 0. The molecule has 1 aromatic rings. The molecule has 0 fully saturated rings. The molecule has 0 atom stereocenters. The van der Waals surface area contributed by atoms with Gasteiger partial charge in [0.05, 0.1) is 11.9 Å². The van der Waals surface area contributed by atoms with Crippen LogP contribution in [-0.2, 0) is 4.79 Å². The Labute approximate surface area is 182 Å². The molecule has 0 radical (unpaired) electrons. The standard InChI is InChI=1S/C7H6O2.C6H8O2.K.Na.H2O/c8-7(9)6-4-2-1-3-5-6;1-2-3-4-5-6(7)8;;;/h1-5H,(H,8,9);2-5H,1H3,(H,7,8);;;1H2/q;;2*+1;/p-2/b;3-2+,5-4+;;;. The molecule has 0 aliphatic rings. The molecule has 98 valence electrons. The van der Waals surface area contributed by atoms with Gasteiger partial charge in [0, 0.05) is 0 Å². The van der Waals surface area contributed by atoms with Crippen molar-refractivity contribution in [2.24, 2.45) is 0 Å². The van der Waals surface area contributed by atoms with Gasteiger partial charge < -0.3 is 25.3 Å². The average molecular weight is 312 g/mol. The average Bonchev–Trinajstić information content (AvgIpc) is 2.31. The number of benzene rings is 1. The van der Waals surface area contributed by atoms with Crippen molar-refractivity contribution in [1.29, 1.82) is 0 Å². The summed E-state index contributed by atoms with van der Waals surface area (Å²) in [5, 5.41) is 19.7. The molecule has 2 N–H and O–H groups in total. The molecule has 0 saturated carbocycles. The topological polar surface area (TPSA) is 112 Å². The zero-order valence-electron chi connectivity index (χ0n) is 11.8. The largest absolute Gasteiger partial charge is 1.00 e. The predicted molar refractivity (Wildman–Crippen MR) is 63.3 cm³/mol. The van der Waals surface area contributed by atoms with Crippen LogP contribution in [0.2, 0.25) is 0 Å². The number of allylic oxidation sites excluding steroid dienone is 3. The molecule has 5 nitrogen and oxygen atoms in total. The molecule has 0 saturated heterocycles. The normalized spacial score (nSPS) is 8.45. The van der Waals surface area contributed by atoms with Gasteiger partial charge >= 0.3 is 80.9 Å². The van der Waals surface area contributed by atoms with Crippen LogP contribution in [0.4, 0.5) is 0 Å². The first kappa shape index (κ1) is 28.4. The molecule has 1 rings (SSSR count). The minimum absolute atomic E-state index is 0. The zero-order valence-corrected chi connectivity index (χ0v) is 17.0. The Morgan fingerprint density at radius 3 is 1.85 bits per heavy atom. The van der Waals surface area contributed by atoms with Crippen LogP contribution in [0.3, 0.4) is 0 Å². The number of carbonyl (C=O) groups excluding carboxylic acids is 2. The van der Waals surface area contributed by atoms with E-state index in [0.717, 1.165) is 6.08 Å². The van der Waals surface area contributed by atoms with Crippen molar-refractivity contribution < 1.29 is 106 Å². The van der Waals surface area contributed by atoms with Crippen molar-refractivity contribution in [1.82, 2.24) is 0 Å². The summed E-state index contributed by atoms with van der Waals surface area (Å²) in [5.41, 5.74) is 0.220. The third-order valence-corrected chi connectivity index (χ3v) is 1.55. The van der Waals surface area contributed by atoms with E-state index >= 15 is 0 Å². The van der Waals surface area contributed by atoms with Crippen LogP contribution in [0.5, 0.6) is 0 Å². The van der Waals surface area contributed by atoms with Crippen molar-refractivity contribution >= 4 is 11.9 Å². The Kier molecular flexibility index (Phi) is 27.3. The molecule has 20 heavy (non-hydrogen) atoms. The third kappa shape index (κ3) is 18.2. The number of carboxylic acid groups (broad SMARTS) is 2. The second-order valence-corrected chi connectivity index (χ2v) is 2.86. The van der Waals surface area contributed by atoms with Gasteiger partial charge in [-0.25, -0.2) is 0 Å². The molecule has 0 aliphatic carbocycles. The van der Waals surface area contributed by atoms with Crippen molar-refractivity contribution in [2.75, 3.05) is 0 Å². The maximum atomic E-state index is 10.1. The smallest absolute Gasteiger partial charge is 0.545 e. The number of aliphatic carboxylic acids is 1. The molecule has 1 aromatic carbocycles. The third-order valence-electron chi connectivity index (χ3n) is 1.55. The van der Waals surface area contributed by atoms with E-state index in [4.69, 9.17) is 0 Å². The van der Waals surface area contributed by atoms with Gasteiger partial charge in [-0.3, -0.25) is 0 Å². The van der Waals surface area contributed by atoms with Crippen LogP contribution in [0.1, 0.15) is 17.3 Å². The van der Waals surface area contributed by atoms with E-state index in [2.05, 4.69) is 0 Å². The van der Waals surface area contributed by atoms with Crippen LogP contribution < -0.4 is 91.2 Å². The fourth-order valence-corrected chi connectivity index (χ4v) is 0.819. The summed E-state index contributed by atoms with van der Waals surface area (Å²) in [6.07, 6.45) is 5.74. The fourth-order valence-electron chi connectivity index (χ4n) is 0.819. The van der Waals surface area contributed by atoms with E-state index in [-0.39, 0.29) is 92.0 Å². The van der Waals surface area contributed by atoms with Gasteiger partial charge in [0.2, 0.25) is 0 Å². The van der Waals surface area contributed by atoms with Crippen LogP contribution in [0.25, 0.3) is 0 Å². The van der Waals surface area contributed by atoms with Crippen molar-refractivity contribution in [3.8, 4) is 0 Å². The van der Waals surface area contributed by atoms with Crippen LogP contribution >= 0.6 is 0 Å². The Hall–Kier alpha value is 0.236. The predicted octanol–water partition coefficient (Wildman–Crippen LogP) is -6.90. The van der Waals surface area contributed by atoms with E-state index in [0.29, 0.717) is 0 Å². The number of aromatic carboxylic acids is 1. The van der Waals surface area contributed by atoms with Gasteiger partial charge in [0.1, 0.15) is 0 Å². The van der Waals surface area contributed by atoms with Crippen molar-refractivity contribution in [3.63, 3.8) is 0 Å². The van der Waals surface area contributed by atoms with Gasteiger partial charge in [-0.15, -0.1) is 0 Å². The van der Waals surface area contributed by atoms with Crippen LogP contribution in [-0.4, -0.2) is 17.4 Å². The first-order valence-electron chi connectivity index (χ1n) is 4.84. The van der Waals surface area contributed by atoms with Gasteiger partial charge in [0.15, 0.2) is 0 Å². The molecule has 0 bridgehead atoms. The van der Waals surface area contributed by atoms with Crippen molar-refractivity contribution in [3.05, 3.63) is 60.2 Å². The molecule has 0 heterocycles. The molecular formula is C13H14KNaO5. The summed E-state index contributed by atoms with van der Waals surface area (Å²) in [4.78, 5) is 19.7. The monoisotopic (exact) mass is 312 g/mol. The fraction of sp³-hybridized carbons (Fsp3) is 0.0769. The Balaban J connectivity index is -0.000000112. The molecule has 0 unspecified atom stereocenters. The number of carboxylic acids is 2. The van der Waals surface area contributed by atoms with Gasteiger partial charge in [-0.05, 0) is 18.6 Å². The van der Waals surface area contributed by atoms with E-state index in [1.165, 1.54) is 18.2 Å². The second-order valence-electron chi connectivity index (χ2n) is 2.86. The second kappa shape index (κ2) is 19.2. The van der Waals surface area contributed by atoms with Gasteiger partial charge in [0.25, 0.3) is 0 Å². The Morgan fingerprint density at radius 1 is 1.05 bits per heavy atom. The number of rotatable bonds is 3. The van der Waals surface area contributed by atoms with Crippen LogP contribution in [0.15, 0.2) is 54.6 Å². The van der Waals surface area contributed by atoms with Crippen molar-refractivity contribution in [2.45, 2.75) is 6.92 Å². The minimum atomic E-state index is -1.16. The summed E-state index contributed by atoms with van der Waals surface area (Å²) in [5.74, 6) is -2.29. The summed E-state index contributed by atoms with van der Waals surface area (Å²) >= 11 is 0. The Bertz CT molecular complexity index is 418. The molecule has 0 spiro atoms. The van der Waals surface area contributed by atoms with E-state index < -0.39 is 11.9 Å². The number of carbonyl (C=O) groups is 2. The molecular weight excluding hydrogens is 298 g/mol. The molecule has 7 heteroatoms. The van der Waals surface area contributed by atoms with E-state index in [9.17, 15) is 19.8 Å². The first-order valence-corrected chi connectivity index (χ1v) is 4.84. The number of hydrogen-bond acceptors (Lipinski definition) is 4. The maximum Gasteiger partial charge on any atom is 1.00 e. The first-order chi connectivity index (χ1) is 8.07. The van der Waals surface area contributed by atoms with E-state index in [1.807, 2.05) is 0 Å². The summed E-state index contributed by atoms with van der Waals surface area (Å²) in [6, 6.07) is 8.06. The minimum Gasteiger partial charge on any atom is -0.545 e. The Morgan fingerprint density at radius 2 is 1.55 bits per heavy atom. The maximum absolute atomic E-state index is 10.1. The summed E-state index contributed by atoms with van der Waals surface area (Å²) in [7, 11) is 0. The zero-order chi connectivity index (χ0) is 13.1. The van der Waals surface area contributed by atoms with Gasteiger partial charge in [-0.2, -0.15) is 0 Å². The van der Waals surface area contributed by atoms with Crippen LogP contribution in [0, 0.1) is 0 Å². The SMILES string of the molecule is C/C=C/C=C/C(=O)[O-].O.O=C([O-])c1ccccc1.[K+].[Na+]. The summed E-state index contributed by atoms with van der Waals surface area (Å²) in [6.45, 7) is 1.81. The summed E-state index contributed by atoms with van der Waals surface area (Å²) < 4.78 is 0.